The summed E-state index contributed by atoms with van der Waals surface area (Å²) >= 11 is 0. The van der Waals surface area contributed by atoms with Gasteiger partial charge in [-0.1, -0.05) is 6.92 Å². The van der Waals surface area contributed by atoms with Gasteiger partial charge in [-0.15, -0.1) is 0 Å². The molecule has 2 heterocycles. The van der Waals surface area contributed by atoms with Crippen molar-refractivity contribution in [2.45, 2.75) is 32.6 Å². The smallest absolute Gasteiger partial charge is 0.254 e. The topological polar surface area (TPSA) is 59.1 Å². The third-order valence-electron chi connectivity index (χ3n) is 5.32. The molecule has 2 fully saturated rings. The zero-order chi connectivity index (χ0) is 19.1. The second-order valence-electron chi connectivity index (χ2n) is 7.31. The van der Waals surface area contributed by atoms with Gasteiger partial charge in [0.25, 0.3) is 5.91 Å². The maximum absolute atomic E-state index is 12.4. The fourth-order valence-electron chi connectivity index (χ4n) is 3.58. The largest absolute Gasteiger partial charge is 0.493 e. The molecule has 2 aliphatic rings. The van der Waals surface area contributed by atoms with E-state index < -0.39 is 0 Å². The van der Waals surface area contributed by atoms with E-state index in [1.807, 2.05) is 41.0 Å². The molecule has 0 atom stereocenters. The molecule has 1 aromatic carbocycles. The van der Waals surface area contributed by atoms with Crippen molar-refractivity contribution >= 4 is 11.8 Å². The van der Waals surface area contributed by atoms with E-state index in [0.29, 0.717) is 50.8 Å². The van der Waals surface area contributed by atoms with Crippen molar-refractivity contribution in [1.82, 2.24) is 9.80 Å². The third-order valence-corrected chi connectivity index (χ3v) is 5.32. The molecule has 3 rings (SSSR count). The van der Waals surface area contributed by atoms with Gasteiger partial charge in [-0.05, 0) is 49.4 Å². The molecule has 0 aliphatic carbocycles. The van der Waals surface area contributed by atoms with Gasteiger partial charge in [0.05, 0.1) is 19.8 Å². The van der Waals surface area contributed by atoms with Crippen LogP contribution in [0.15, 0.2) is 24.3 Å². The monoisotopic (exact) mass is 374 g/mol. The molecule has 0 N–H and O–H groups in total. The second-order valence-corrected chi connectivity index (χ2v) is 7.31. The highest BCUT2D eigenvalue weighted by atomic mass is 16.5. The van der Waals surface area contributed by atoms with Crippen LogP contribution in [0.4, 0.5) is 0 Å². The Morgan fingerprint density at radius 1 is 1.04 bits per heavy atom. The number of carbonyl (C=O) groups is 2. The minimum absolute atomic E-state index is 0.0500. The normalized spacial score (nSPS) is 18.4. The van der Waals surface area contributed by atoms with E-state index in [4.69, 9.17) is 9.47 Å². The highest BCUT2D eigenvalue weighted by Gasteiger charge is 2.23. The third kappa shape index (κ3) is 5.45. The Bertz CT molecular complexity index is 618. The first-order valence-corrected chi connectivity index (χ1v) is 10.0. The molecule has 0 bridgehead atoms. The lowest BCUT2D eigenvalue weighted by molar-refractivity contribution is -0.132. The number of rotatable bonds is 6. The number of amides is 2. The zero-order valence-electron chi connectivity index (χ0n) is 16.2. The molecule has 2 amide bonds. The molecule has 0 spiro atoms. The van der Waals surface area contributed by atoms with Crippen molar-refractivity contribution in [2.75, 3.05) is 46.0 Å². The van der Waals surface area contributed by atoms with Gasteiger partial charge in [0.15, 0.2) is 0 Å². The molecule has 0 unspecified atom stereocenters. The lowest BCUT2D eigenvalue weighted by Gasteiger charge is -2.32. The zero-order valence-corrected chi connectivity index (χ0v) is 16.2. The van der Waals surface area contributed by atoms with Gasteiger partial charge in [0, 0.05) is 38.2 Å². The molecule has 0 saturated carbocycles. The van der Waals surface area contributed by atoms with Crippen LogP contribution in [-0.4, -0.2) is 67.6 Å². The second kappa shape index (κ2) is 9.74. The summed E-state index contributed by atoms with van der Waals surface area (Å²) in [7, 11) is 0. The summed E-state index contributed by atoms with van der Waals surface area (Å²) < 4.78 is 11.2. The molecule has 2 aliphatic heterocycles. The number of piperidine rings is 1. The molecular formula is C21H30N2O4. The van der Waals surface area contributed by atoms with Crippen LogP contribution in [0.3, 0.4) is 0 Å². The standard InChI is InChI=1S/C21H30N2O4/c1-2-3-20(24)22-10-8-17(9-11-22)16-27-19-6-4-18(5-7-19)21(25)23-12-14-26-15-13-23/h4-7,17H,2-3,8-16H2,1H3. The number of likely N-dealkylation sites (tertiary alicyclic amines) is 1. The summed E-state index contributed by atoms with van der Waals surface area (Å²) in [4.78, 5) is 28.2. The summed E-state index contributed by atoms with van der Waals surface area (Å²) in [5.41, 5.74) is 0.687. The van der Waals surface area contributed by atoms with Crippen LogP contribution in [0.25, 0.3) is 0 Å². The number of benzene rings is 1. The van der Waals surface area contributed by atoms with Crippen LogP contribution in [-0.2, 0) is 9.53 Å². The first-order valence-electron chi connectivity index (χ1n) is 10.0. The van der Waals surface area contributed by atoms with Gasteiger partial charge in [-0.2, -0.15) is 0 Å². The Morgan fingerprint density at radius 2 is 1.70 bits per heavy atom. The van der Waals surface area contributed by atoms with E-state index >= 15 is 0 Å². The summed E-state index contributed by atoms with van der Waals surface area (Å²) in [5, 5.41) is 0. The summed E-state index contributed by atoms with van der Waals surface area (Å²) in [5.74, 6) is 1.59. The molecule has 27 heavy (non-hydrogen) atoms. The molecule has 6 nitrogen and oxygen atoms in total. The lowest BCUT2D eigenvalue weighted by atomic mass is 9.97. The molecule has 1 aromatic rings. The van der Waals surface area contributed by atoms with Crippen LogP contribution in [0, 0.1) is 5.92 Å². The number of hydrogen-bond acceptors (Lipinski definition) is 4. The minimum Gasteiger partial charge on any atom is -0.493 e. The van der Waals surface area contributed by atoms with E-state index in [9.17, 15) is 9.59 Å². The molecule has 2 saturated heterocycles. The van der Waals surface area contributed by atoms with Crippen LogP contribution in [0.1, 0.15) is 43.0 Å². The minimum atomic E-state index is 0.0500. The number of carbonyl (C=O) groups excluding carboxylic acids is 2. The predicted octanol–water partition coefficient (Wildman–Crippen LogP) is 2.58. The Morgan fingerprint density at radius 3 is 2.33 bits per heavy atom. The van der Waals surface area contributed by atoms with Gasteiger partial charge in [0.2, 0.25) is 5.91 Å². The lowest BCUT2D eigenvalue weighted by Crippen LogP contribution is -2.40. The van der Waals surface area contributed by atoms with E-state index in [1.165, 1.54) is 0 Å². The van der Waals surface area contributed by atoms with E-state index in [0.717, 1.165) is 38.1 Å². The number of ether oxygens (including phenoxy) is 2. The maximum Gasteiger partial charge on any atom is 0.254 e. The molecule has 148 valence electrons. The quantitative estimate of drug-likeness (QED) is 0.768. The van der Waals surface area contributed by atoms with Crippen molar-refractivity contribution in [3.05, 3.63) is 29.8 Å². The highest BCUT2D eigenvalue weighted by molar-refractivity contribution is 5.94. The summed E-state index contributed by atoms with van der Waals surface area (Å²) in [6, 6.07) is 7.40. The van der Waals surface area contributed by atoms with Gasteiger partial charge < -0.3 is 19.3 Å². The van der Waals surface area contributed by atoms with Gasteiger partial charge >= 0.3 is 0 Å². The van der Waals surface area contributed by atoms with Crippen LogP contribution >= 0.6 is 0 Å². The fraction of sp³-hybridized carbons (Fsp3) is 0.619. The number of hydrogen-bond donors (Lipinski definition) is 0. The van der Waals surface area contributed by atoms with Crippen LogP contribution < -0.4 is 4.74 Å². The van der Waals surface area contributed by atoms with Gasteiger partial charge in [-0.3, -0.25) is 9.59 Å². The fourth-order valence-corrected chi connectivity index (χ4v) is 3.58. The Kier molecular flexibility index (Phi) is 7.10. The Labute approximate surface area is 161 Å². The van der Waals surface area contributed by atoms with E-state index in [1.54, 1.807) is 0 Å². The van der Waals surface area contributed by atoms with Crippen molar-refractivity contribution < 1.29 is 19.1 Å². The first kappa shape index (κ1) is 19.7. The summed E-state index contributed by atoms with van der Waals surface area (Å²) in [6.07, 6.45) is 3.54. The average Bonchev–Trinajstić information content (AvgIpc) is 2.73. The maximum atomic E-state index is 12.4. The van der Waals surface area contributed by atoms with Crippen molar-refractivity contribution in [2.24, 2.45) is 5.92 Å². The van der Waals surface area contributed by atoms with Crippen LogP contribution in [0.2, 0.25) is 0 Å². The predicted molar refractivity (Wildman–Crippen MR) is 103 cm³/mol. The number of morpholine rings is 1. The van der Waals surface area contributed by atoms with Gasteiger partial charge in [-0.25, -0.2) is 0 Å². The average molecular weight is 374 g/mol. The van der Waals surface area contributed by atoms with E-state index in [2.05, 4.69) is 0 Å². The van der Waals surface area contributed by atoms with E-state index in [-0.39, 0.29) is 11.8 Å². The molecule has 6 heteroatoms. The summed E-state index contributed by atoms with van der Waals surface area (Å²) in [6.45, 7) is 6.88. The van der Waals surface area contributed by atoms with Crippen molar-refractivity contribution in [1.29, 1.82) is 0 Å². The first-order chi connectivity index (χ1) is 13.2. The highest BCUT2D eigenvalue weighted by Crippen LogP contribution is 2.21. The molecular weight excluding hydrogens is 344 g/mol. The SMILES string of the molecule is CCCC(=O)N1CCC(COc2ccc(C(=O)N3CCOCC3)cc2)CC1. The van der Waals surface area contributed by atoms with Gasteiger partial charge in [0.1, 0.15) is 5.75 Å². The van der Waals surface area contributed by atoms with Crippen LogP contribution in [0.5, 0.6) is 5.75 Å². The van der Waals surface area contributed by atoms with Crippen molar-refractivity contribution in [3.63, 3.8) is 0 Å². The molecule has 0 aromatic heterocycles. The van der Waals surface area contributed by atoms with Crippen molar-refractivity contribution in [3.8, 4) is 5.75 Å². The Hall–Kier alpha value is -2.08. The Balaban J connectivity index is 1.43. The number of nitrogens with zero attached hydrogens (tertiary/aromatic N) is 2. The molecule has 0 radical (unpaired) electrons.